The highest BCUT2D eigenvalue weighted by Crippen LogP contribution is 2.18. The predicted molar refractivity (Wildman–Crippen MR) is 54.8 cm³/mol. The van der Waals surface area contributed by atoms with E-state index >= 15 is 0 Å². The van der Waals surface area contributed by atoms with Crippen molar-refractivity contribution < 1.29 is 24.5 Å². The molecule has 0 bridgehead atoms. The van der Waals surface area contributed by atoms with Crippen LogP contribution in [0.1, 0.15) is 12.8 Å². The average molecular weight is 229 g/mol. The number of amides is 1. The van der Waals surface area contributed by atoms with Gasteiger partial charge in [-0.1, -0.05) is 0 Å². The first kappa shape index (κ1) is 12.7. The van der Waals surface area contributed by atoms with Crippen LogP contribution in [-0.2, 0) is 14.3 Å². The lowest BCUT2D eigenvalue weighted by Crippen LogP contribution is -2.46. The Morgan fingerprint density at radius 3 is 2.50 bits per heavy atom. The molecule has 0 unspecified atom stereocenters. The summed E-state index contributed by atoms with van der Waals surface area (Å²) >= 11 is 0. The molecule has 0 radical (unpaired) electrons. The van der Waals surface area contributed by atoms with Gasteiger partial charge in [0.1, 0.15) is 0 Å². The molecule has 1 rings (SSSR count). The maximum Gasteiger partial charge on any atom is 0.328 e. The molecule has 0 spiro atoms. The van der Waals surface area contributed by atoms with Crippen LogP contribution in [0.5, 0.6) is 0 Å². The lowest BCUT2D eigenvalue weighted by Gasteiger charge is -2.31. The number of rotatable bonds is 4. The van der Waals surface area contributed by atoms with Crippen LogP contribution in [0.4, 0.5) is 0 Å². The summed E-state index contributed by atoms with van der Waals surface area (Å²) in [5.41, 5.74) is -0.940. The molecule has 1 fully saturated rings. The molecule has 3 N–H and O–H groups in total. The summed E-state index contributed by atoms with van der Waals surface area (Å²) in [7, 11) is 0. The number of carboxylic acid groups (broad SMARTS) is 1. The van der Waals surface area contributed by atoms with E-state index in [9.17, 15) is 14.7 Å². The summed E-state index contributed by atoms with van der Waals surface area (Å²) in [4.78, 5) is 21.3. The summed E-state index contributed by atoms with van der Waals surface area (Å²) in [5.74, 6) is -1.71. The number of nitrogens with one attached hydrogen (secondary N) is 1. The molecule has 0 aromatic heterocycles. The van der Waals surface area contributed by atoms with Crippen LogP contribution in [0.25, 0.3) is 0 Å². The molecule has 0 aromatic carbocycles. The van der Waals surface area contributed by atoms with Gasteiger partial charge in [0.25, 0.3) is 0 Å². The molecular weight excluding hydrogens is 214 g/mol. The van der Waals surface area contributed by atoms with Gasteiger partial charge in [-0.3, -0.25) is 4.79 Å². The van der Waals surface area contributed by atoms with Crippen molar-refractivity contribution in [1.82, 2.24) is 5.32 Å². The van der Waals surface area contributed by atoms with Gasteiger partial charge in [0, 0.05) is 44.8 Å². The Bertz CT molecular complexity index is 294. The largest absolute Gasteiger partial charge is 0.478 e. The van der Waals surface area contributed by atoms with Crippen molar-refractivity contribution in [3.05, 3.63) is 12.2 Å². The summed E-state index contributed by atoms with van der Waals surface area (Å²) in [5, 5.41) is 20.7. The van der Waals surface area contributed by atoms with Gasteiger partial charge in [-0.05, 0) is 0 Å². The van der Waals surface area contributed by atoms with E-state index in [4.69, 9.17) is 9.84 Å². The van der Waals surface area contributed by atoms with E-state index < -0.39 is 17.5 Å². The monoisotopic (exact) mass is 229 g/mol. The summed E-state index contributed by atoms with van der Waals surface area (Å²) in [6.07, 6.45) is 2.61. The Labute approximate surface area is 92.9 Å². The van der Waals surface area contributed by atoms with Gasteiger partial charge >= 0.3 is 5.97 Å². The smallest absolute Gasteiger partial charge is 0.328 e. The van der Waals surface area contributed by atoms with E-state index in [1.165, 1.54) is 0 Å². The lowest BCUT2D eigenvalue weighted by molar-refractivity contribution is -0.131. The van der Waals surface area contributed by atoms with E-state index in [1.54, 1.807) is 0 Å². The molecule has 6 nitrogen and oxygen atoms in total. The van der Waals surface area contributed by atoms with Crippen LogP contribution in [-0.4, -0.2) is 47.4 Å². The molecule has 0 atom stereocenters. The van der Waals surface area contributed by atoms with Crippen LogP contribution in [0, 0.1) is 0 Å². The Balaban J connectivity index is 2.32. The van der Waals surface area contributed by atoms with E-state index in [0.717, 1.165) is 12.2 Å². The second-order valence-electron chi connectivity index (χ2n) is 3.73. The Kier molecular flexibility index (Phi) is 4.45. The van der Waals surface area contributed by atoms with Gasteiger partial charge in [0.05, 0.1) is 5.60 Å². The first-order valence-corrected chi connectivity index (χ1v) is 5.01. The highest BCUT2D eigenvalue weighted by Gasteiger charge is 2.29. The van der Waals surface area contributed by atoms with Crippen molar-refractivity contribution in [3.8, 4) is 0 Å². The van der Waals surface area contributed by atoms with Gasteiger partial charge in [0.2, 0.25) is 5.91 Å². The Morgan fingerprint density at radius 1 is 1.31 bits per heavy atom. The van der Waals surface area contributed by atoms with Crippen molar-refractivity contribution in [1.29, 1.82) is 0 Å². The quantitative estimate of drug-likeness (QED) is 0.553. The molecule has 1 heterocycles. The van der Waals surface area contributed by atoms with Crippen molar-refractivity contribution in [3.63, 3.8) is 0 Å². The normalized spacial score (nSPS) is 19.6. The van der Waals surface area contributed by atoms with E-state index in [0.29, 0.717) is 26.1 Å². The number of hydrogen-bond acceptors (Lipinski definition) is 4. The number of aliphatic carboxylic acids is 1. The van der Waals surface area contributed by atoms with Gasteiger partial charge in [0.15, 0.2) is 0 Å². The van der Waals surface area contributed by atoms with Gasteiger partial charge in [-0.15, -0.1) is 0 Å². The molecule has 6 heteroatoms. The molecule has 90 valence electrons. The molecule has 1 aliphatic rings. The maximum atomic E-state index is 11.1. The number of carboxylic acids is 1. The second-order valence-corrected chi connectivity index (χ2v) is 3.73. The minimum Gasteiger partial charge on any atom is -0.478 e. The van der Waals surface area contributed by atoms with Crippen LogP contribution >= 0.6 is 0 Å². The molecule has 1 saturated heterocycles. The van der Waals surface area contributed by atoms with Gasteiger partial charge in [-0.2, -0.15) is 0 Å². The number of hydrogen-bond donors (Lipinski definition) is 3. The van der Waals surface area contributed by atoms with Gasteiger partial charge < -0.3 is 20.3 Å². The van der Waals surface area contributed by atoms with Crippen LogP contribution in [0.3, 0.4) is 0 Å². The lowest BCUT2D eigenvalue weighted by atomic mass is 9.94. The van der Waals surface area contributed by atoms with Crippen LogP contribution in [0.2, 0.25) is 0 Å². The second kappa shape index (κ2) is 5.62. The average Bonchev–Trinajstić information content (AvgIpc) is 2.25. The fraction of sp³-hybridized carbons (Fsp3) is 0.600. The molecular formula is C10H15NO5. The molecule has 0 aromatic rings. The fourth-order valence-electron chi connectivity index (χ4n) is 1.39. The van der Waals surface area contributed by atoms with E-state index in [1.807, 2.05) is 0 Å². The minimum atomic E-state index is -1.18. The van der Waals surface area contributed by atoms with Crippen molar-refractivity contribution >= 4 is 11.9 Å². The summed E-state index contributed by atoms with van der Waals surface area (Å²) < 4.78 is 5.09. The number of carbonyl (C=O) groups is 2. The topological polar surface area (TPSA) is 95.9 Å². The predicted octanol–water partition coefficient (Wildman–Crippen LogP) is -0.715. The molecule has 0 saturated carbocycles. The van der Waals surface area contributed by atoms with E-state index in [2.05, 4.69) is 5.32 Å². The Hall–Kier alpha value is -1.40. The zero-order chi connectivity index (χ0) is 12.0. The SMILES string of the molecule is O=C(O)/C=C/C(=O)NCC1(O)CCOCC1. The Morgan fingerprint density at radius 2 is 1.94 bits per heavy atom. The standard InChI is InChI=1S/C10H15NO5/c12-8(1-2-9(13)14)11-7-10(15)3-5-16-6-4-10/h1-2,15H,3-7H2,(H,11,12)(H,13,14)/b2-1+. The zero-order valence-electron chi connectivity index (χ0n) is 8.81. The number of carbonyl (C=O) groups excluding carboxylic acids is 1. The molecule has 1 aliphatic heterocycles. The third kappa shape index (κ3) is 4.41. The maximum absolute atomic E-state index is 11.1. The third-order valence-corrected chi connectivity index (χ3v) is 2.39. The highest BCUT2D eigenvalue weighted by atomic mass is 16.5. The number of ether oxygens (including phenoxy) is 1. The zero-order valence-corrected chi connectivity index (χ0v) is 8.81. The van der Waals surface area contributed by atoms with Crippen LogP contribution < -0.4 is 5.32 Å². The first-order chi connectivity index (χ1) is 7.52. The third-order valence-electron chi connectivity index (χ3n) is 2.39. The van der Waals surface area contributed by atoms with Crippen molar-refractivity contribution in [2.75, 3.05) is 19.8 Å². The van der Waals surface area contributed by atoms with Crippen molar-refractivity contribution in [2.45, 2.75) is 18.4 Å². The fourth-order valence-corrected chi connectivity index (χ4v) is 1.39. The molecule has 0 aliphatic carbocycles. The van der Waals surface area contributed by atoms with E-state index in [-0.39, 0.29) is 6.54 Å². The minimum absolute atomic E-state index is 0.110. The molecule has 16 heavy (non-hydrogen) atoms. The summed E-state index contributed by atoms with van der Waals surface area (Å²) in [6, 6.07) is 0. The first-order valence-electron chi connectivity index (χ1n) is 5.01. The van der Waals surface area contributed by atoms with Gasteiger partial charge in [-0.25, -0.2) is 4.79 Å². The molecule has 1 amide bonds. The highest BCUT2D eigenvalue weighted by molar-refractivity contribution is 5.93. The summed E-state index contributed by atoms with van der Waals surface area (Å²) in [6.45, 7) is 1.05. The van der Waals surface area contributed by atoms with Crippen molar-refractivity contribution in [2.24, 2.45) is 0 Å². The number of aliphatic hydroxyl groups is 1. The van der Waals surface area contributed by atoms with Crippen LogP contribution in [0.15, 0.2) is 12.2 Å².